The van der Waals surface area contributed by atoms with Crippen molar-refractivity contribution in [2.75, 3.05) is 13.1 Å². The standard InChI is InChI=1S/C14H25N3O4/c1-10(2)15-14(21)16-12(18)9-17-8-4-3-5-11(17)6-7-13(19)20/h10-11H,3-9H2,1-2H3,(H,19,20)(H2,15,16,18,21). The Morgan fingerprint density at radius 3 is 2.62 bits per heavy atom. The van der Waals surface area contributed by atoms with E-state index in [1.54, 1.807) is 0 Å². The van der Waals surface area contributed by atoms with Crippen LogP contribution in [0.1, 0.15) is 46.0 Å². The van der Waals surface area contributed by atoms with Crippen molar-refractivity contribution in [3.8, 4) is 0 Å². The van der Waals surface area contributed by atoms with Crippen molar-refractivity contribution < 1.29 is 19.5 Å². The number of amides is 3. The van der Waals surface area contributed by atoms with Crippen LogP contribution in [-0.4, -0.2) is 53.1 Å². The van der Waals surface area contributed by atoms with E-state index in [2.05, 4.69) is 10.6 Å². The first-order chi connectivity index (χ1) is 9.88. The van der Waals surface area contributed by atoms with Crippen molar-refractivity contribution in [1.29, 1.82) is 0 Å². The number of hydrogen-bond donors (Lipinski definition) is 3. The zero-order chi connectivity index (χ0) is 15.8. The number of carbonyl (C=O) groups excluding carboxylic acids is 2. The van der Waals surface area contributed by atoms with Crippen molar-refractivity contribution in [3.05, 3.63) is 0 Å². The predicted octanol–water partition coefficient (Wildman–Crippen LogP) is 0.940. The summed E-state index contributed by atoms with van der Waals surface area (Å²) in [5.74, 6) is -1.17. The Hall–Kier alpha value is -1.63. The molecule has 3 N–H and O–H groups in total. The van der Waals surface area contributed by atoms with Crippen LogP contribution >= 0.6 is 0 Å². The summed E-state index contributed by atoms with van der Waals surface area (Å²) in [7, 11) is 0. The molecule has 0 aromatic heterocycles. The molecule has 0 aromatic rings. The fourth-order valence-corrected chi connectivity index (χ4v) is 2.53. The quantitative estimate of drug-likeness (QED) is 0.678. The number of nitrogens with one attached hydrogen (secondary N) is 2. The van der Waals surface area contributed by atoms with Crippen molar-refractivity contribution in [1.82, 2.24) is 15.5 Å². The number of carboxylic acids is 1. The number of hydrogen-bond acceptors (Lipinski definition) is 4. The molecule has 1 atom stereocenters. The summed E-state index contributed by atoms with van der Waals surface area (Å²) in [6.07, 6.45) is 3.60. The third-order valence-electron chi connectivity index (χ3n) is 3.46. The number of carboxylic acid groups (broad SMARTS) is 1. The maximum atomic E-state index is 11.9. The molecule has 0 spiro atoms. The zero-order valence-electron chi connectivity index (χ0n) is 12.7. The van der Waals surface area contributed by atoms with Crippen LogP contribution in [0.15, 0.2) is 0 Å². The van der Waals surface area contributed by atoms with Crippen LogP contribution < -0.4 is 10.6 Å². The molecule has 3 amide bonds. The van der Waals surface area contributed by atoms with Gasteiger partial charge in [-0.3, -0.25) is 19.8 Å². The molecule has 120 valence electrons. The Balaban J connectivity index is 2.43. The molecule has 1 aliphatic heterocycles. The Morgan fingerprint density at radius 1 is 1.29 bits per heavy atom. The van der Waals surface area contributed by atoms with Gasteiger partial charge in [-0.25, -0.2) is 4.79 Å². The van der Waals surface area contributed by atoms with Crippen LogP contribution in [-0.2, 0) is 9.59 Å². The fraction of sp³-hybridized carbons (Fsp3) is 0.786. The number of imide groups is 1. The summed E-state index contributed by atoms with van der Waals surface area (Å²) in [6.45, 7) is 4.53. The van der Waals surface area contributed by atoms with E-state index in [-0.39, 0.29) is 31.0 Å². The van der Waals surface area contributed by atoms with Gasteiger partial charge in [-0.15, -0.1) is 0 Å². The molecular formula is C14H25N3O4. The lowest BCUT2D eigenvalue weighted by Crippen LogP contribution is -2.49. The topological polar surface area (TPSA) is 98.7 Å². The highest BCUT2D eigenvalue weighted by Gasteiger charge is 2.25. The van der Waals surface area contributed by atoms with Crippen molar-refractivity contribution >= 4 is 17.9 Å². The SMILES string of the molecule is CC(C)NC(=O)NC(=O)CN1CCCCC1CCC(=O)O. The van der Waals surface area contributed by atoms with Crippen LogP contribution in [0.25, 0.3) is 0 Å². The van der Waals surface area contributed by atoms with E-state index in [0.29, 0.717) is 6.42 Å². The minimum Gasteiger partial charge on any atom is -0.481 e. The molecule has 1 fully saturated rings. The van der Waals surface area contributed by atoms with E-state index in [1.165, 1.54) is 0 Å². The molecule has 7 heteroatoms. The van der Waals surface area contributed by atoms with Gasteiger partial charge in [-0.05, 0) is 39.7 Å². The largest absolute Gasteiger partial charge is 0.481 e. The summed E-state index contributed by atoms with van der Waals surface area (Å²) in [6, 6.07) is -0.418. The third-order valence-corrected chi connectivity index (χ3v) is 3.46. The van der Waals surface area contributed by atoms with Crippen molar-refractivity contribution in [2.24, 2.45) is 0 Å². The second kappa shape index (κ2) is 8.61. The third kappa shape index (κ3) is 7.08. The molecule has 0 bridgehead atoms. The highest BCUT2D eigenvalue weighted by molar-refractivity contribution is 5.95. The van der Waals surface area contributed by atoms with E-state index in [4.69, 9.17) is 5.11 Å². The normalized spacial score (nSPS) is 19.3. The summed E-state index contributed by atoms with van der Waals surface area (Å²) in [5, 5.41) is 13.7. The molecule has 0 aliphatic carbocycles. The second-order valence-corrected chi connectivity index (χ2v) is 5.73. The number of carbonyl (C=O) groups is 3. The van der Waals surface area contributed by atoms with Gasteiger partial charge in [0.25, 0.3) is 0 Å². The molecule has 1 unspecified atom stereocenters. The van der Waals surface area contributed by atoms with Gasteiger partial charge in [0.2, 0.25) is 5.91 Å². The molecule has 0 saturated carbocycles. The van der Waals surface area contributed by atoms with E-state index < -0.39 is 12.0 Å². The Kier molecular flexibility index (Phi) is 7.14. The first-order valence-corrected chi connectivity index (χ1v) is 7.44. The zero-order valence-corrected chi connectivity index (χ0v) is 12.7. The molecule has 7 nitrogen and oxygen atoms in total. The van der Waals surface area contributed by atoms with Crippen LogP contribution in [0.2, 0.25) is 0 Å². The first kappa shape index (κ1) is 17.4. The molecule has 1 rings (SSSR count). The van der Waals surface area contributed by atoms with E-state index in [0.717, 1.165) is 25.8 Å². The number of nitrogens with zero attached hydrogens (tertiary/aromatic N) is 1. The number of aliphatic carboxylic acids is 1. The predicted molar refractivity (Wildman–Crippen MR) is 77.9 cm³/mol. The van der Waals surface area contributed by atoms with Gasteiger partial charge in [0.15, 0.2) is 0 Å². The maximum absolute atomic E-state index is 11.9. The minimum atomic E-state index is -0.818. The number of rotatable bonds is 6. The Labute approximate surface area is 125 Å². The van der Waals surface area contributed by atoms with Crippen LogP contribution in [0.4, 0.5) is 4.79 Å². The molecule has 1 saturated heterocycles. The molecule has 1 aliphatic rings. The van der Waals surface area contributed by atoms with Crippen LogP contribution in [0.3, 0.4) is 0 Å². The summed E-state index contributed by atoms with van der Waals surface area (Å²) < 4.78 is 0. The van der Waals surface area contributed by atoms with Gasteiger partial charge in [-0.1, -0.05) is 6.42 Å². The summed E-state index contributed by atoms with van der Waals surface area (Å²) in [4.78, 5) is 36.0. The Morgan fingerprint density at radius 2 is 2.00 bits per heavy atom. The van der Waals surface area contributed by atoms with Crippen LogP contribution in [0.5, 0.6) is 0 Å². The lowest BCUT2D eigenvalue weighted by Gasteiger charge is -2.34. The molecule has 1 heterocycles. The van der Waals surface area contributed by atoms with Gasteiger partial charge >= 0.3 is 12.0 Å². The van der Waals surface area contributed by atoms with Crippen LogP contribution in [0, 0.1) is 0 Å². The smallest absolute Gasteiger partial charge is 0.321 e. The highest BCUT2D eigenvalue weighted by atomic mass is 16.4. The van der Waals surface area contributed by atoms with E-state index >= 15 is 0 Å². The average Bonchev–Trinajstić information content (AvgIpc) is 2.36. The van der Waals surface area contributed by atoms with Crippen molar-refractivity contribution in [3.63, 3.8) is 0 Å². The maximum Gasteiger partial charge on any atom is 0.321 e. The molecule has 21 heavy (non-hydrogen) atoms. The van der Waals surface area contributed by atoms with Gasteiger partial charge < -0.3 is 10.4 Å². The Bertz CT molecular complexity index is 384. The summed E-state index contributed by atoms with van der Waals surface area (Å²) >= 11 is 0. The first-order valence-electron chi connectivity index (χ1n) is 7.44. The monoisotopic (exact) mass is 299 g/mol. The van der Waals surface area contributed by atoms with E-state index in [9.17, 15) is 14.4 Å². The number of likely N-dealkylation sites (tertiary alicyclic amines) is 1. The van der Waals surface area contributed by atoms with Gasteiger partial charge in [0, 0.05) is 18.5 Å². The lowest BCUT2D eigenvalue weighted by atomic mass is 9.98. The molecule has 0 aromatic carbocycles. The molecular weight excluding hydrogens is 274 g/mol. The minimum absolute atomic E-state index is 0.0314. The second-order valence-electron chi connectivity index (χ2n) is 5.73. The average molecular weight is 299 g/mol. The molecule has 0 radical (unpaired) electrons. The van der Waals surface area contributed by atoms with E-state index in [1.807, 2.05) is 18.7 Å². The number of piperidine rings is 1. The lowest BCUT2D eigenvalue weighted by molar-refractivity contribution is -0.137. The highest BCUT2D eigenvalue weighted by Crippen LogP contribution is 2.20. The van der Waals surface area contributed by atoms with Crippen molar-refractivity contribution in [2.45, 2.75) is 58.0 Å². The van der Waals surface area contributed by atoms with Gasteiger partial charge in [0.1, 0.15) is 0 Å². The van der Waals surface area contributed by atoms with Gasteiger partial charge in [-0.2, -0.15) is 0 Å². The fourth-order valence-electron chi connectivity index (χ4n) is 2.53. The van der Waals surface area contributed by atoms with Gasteiger partial charge in [0.05, 0.1) is 6.54 Å². The number of urea groups is 1. The summed E-state index contributed by atoms with van der Waals surface area (Å²) in [5.41, 5.74) is 0.